The van der Waals surface area contributed by atoms with Crippen molar-refractivity contribution in [2.45, 2.75) is 39.7 Å². The van der Waals surface area contributed by atoms with Gasteiger partial charge in [-0.3, -0.25) is 9.78 Å². The lowest BCUT2D eigenvalue weighted by atomic mass is 9.82. The van der Waals surface area contributed by atoms with Gasteiger partial charge in [-0.05, 0) is 44.7 Å². The van der Waals surface area contributed by atoms with Crippen molar-refractivity contribution < 1.29 is 4.79 Å². The van der Waals surface area contributed by atoms with E-state index in [1.165, 1.54) is 12.8 Å². The van der Waals surface area contributed by atoms with Crippen LogP contribution >= 0.6 is 0 Å². The van der Waals surface area contributed by atoms with E-state index in [0.717, 1.165) is 24.7 Å². The molecule has 0 atom stereocenters. The van der Waals surface area contributed by atoms with E-state index in [2.05, 4.69) is 17.2 Å². The number of rotatable bonds is 5. The van der Waals surface area contributed by atoms with Crippen LogP contribution in [0.5, 0.6) is 0 Å². The normalized spacial score (nSPS) is 21.6. The van der Waals surface area contributed by atoms with E-state index >= 15 is 0 Å². The van der Waals surface area contributed by atoms with Crippen LogP contribution in [0, 0.1) is 5.92 Å². The van der Waals surface area contributed by atoms with Crippen molar-refractivity contribution in [3.63, 3.8) is 0 Å². The molecule has 0 bridgehead atoms. The molecule has 19 heavy (non-hydrogen) atoms. The van der Waals surface area contributed by atoms with Crippen LogP contribution in [0.4, 0.5) is 5.69 Å². The second-order valence-corrected chi connectivity index (χ2v) is 5.33. The Bertz CT molecular complexity index is 437. The Kier molecular flexibility index (Phi) is 4.40. The Hall–Kier alpha value is -1.58. The van der Waals surface area contributed by atoms with Crippen LogP contribution in [0.2, 0.25) is 0 Å². The van der Waals surface area contributed by atoms with Gasteiger partial charge in [-0.25, -0.2) is 0 Å². The monoisotopic (exact) mass is 261 g/mol. The molecule has 0 unspecified atom stereocenters. The first-order valence-electron chi connectivity index (χ1n) is 7.15. The van der Waals surface area contributed by atoms with Crippen molar-refractivity contribution >= 4 is 11.6 Å². The second kappa shape index (κ2) is 6.04. The number of pyridine rings is 1. The van der Waals surface area contributed by atoms with Crippen molar-refractivity contribution in [3.05, 3.63) is 24.0 Å². The molecule has 1 amide bonds. The Morgan fingerprint density at radius 1 is 1.42 bits per heavy atom. The van der Waals surface area contributed by atoms with Crippen LogP contribution in [-0.4, -0.2) is 34.9 Å². The van der Waals surface area contributed by atoms with Crippen LogP contribution in [0.25, 0.3) is 0 Å². The minimum atomic E-state index is 0.00984. The van der Waals surface area contributed by atoms with Gasteiger partial charge in [-0.15, -0.1) is 0 Å². The molecule has 0 aromatic carbocycles. The summed E-state index contributed by atoms with van der Waals surface area (Å²) in [5, 5.41) is 3.47. The highest BCUT2D eigenvalue weighted by atomic mass is 16.2. The summed E-state index contributed by atoms with van der Waals surface area (Å²) in [5.74, 6) is 0.826. The highest BCUT2D eigenvalue weighted by Gasteiger charge is 2.25. The fraction of sp³-hybridized carbons (Fsp3) is 0.600. The molecule has 2 rings (SSSR count). The predicted molar refractivity (Wildman–Crippen MR) is 77.3 cm³/mol. The average molecular weight is 261 g/mol. The van der Waals surface area contributed by atoms with E-state index in [-0.39, 0.29) is 5.91 Å². The Morgan fingerprint density at radius 2 is 2.11 bits per heavy atom. The molecule has 1 saturated carbocycles. The minimum Gasteiger partial charge on any atom is -0.382 e. The Labute approximate surface area is 115 Å². The standard InChI is InChI=1S/C15H23N3O/c1-4-18(5-2)15(19)14-10-12(6-7-16-14)17-13-8-11(3)9-13/h6-7,10-11,13H,4-5,8-9H2,1-3H3,(H,16,17). The first-order chi connectivity index (χ1) is 9.13. The van der Waals surface area contributed by atoms with E-state index < -0.39 is 0 Å². The smallest absolute Gasteiger partial charge is 0.272 e. The second-order valence-electron chi connectivity index (χ2n) is 5.33. The van der Waals surface area contributed by atoms with Crippen LogP contribution in [0.15, 0.2) is 18.3 Å². The van der Waals surface area contributed by atoms with Gasteiger partial charge >= 0.3 is 0 Å². The van der Waals surface area contributed by atoms with Gasteiger partial charge in [-0.2, -0.15) is 0 Å². The summed E-state index contributed by atoms with van der Waals surface area (Å²) in [6.07, 6.45) is 4.13. The lowest BCUT2D eigenvalue weighted by molar-refractivity contribution is 0.0767. The minimum absolute atomic E-state index is 0.00984. The summed E-state index contributed by atoms with van der Waals surface area (Å²) in [5.41, 5.74) is 1.53. The third kappa shape index (κ3) is 3.25. The van der Waals surface area contributed by atoms with Crippen LogP contribution in [-0.2, 0) is 0 Å². The van der Waals surface area contributed by atoms with Gasteiger partial charge in [0.2, 0.25) is 0 Å². The van der Waals surface area contributed by atoms with Crippen LogP contribution < -0.4 is 5.32 Å². The molecule has 1 N–H and O–H groups in total. The number of hydrogen-bond acceptors (Lipinski definition) is 3. The number of anilines is 1. The molecule has 0 radical (unpaired) electrons. The Morgan fingerprint density at radius 3 is 2.68 bits per heavy atom. The molecule has 0 aliphatic heterocycles. The third-order valence-corrected chi connectivity index (χ3v) is 3.77. The third-order valence-electron chi connectivity index (χ3n) is 3.77. The molecular formula is C15H23N3O. The Balaban J connectivity index is 2.04. The topological polar surface area (TPSA) is 45.2 Å². The molecule has 1 fully saturated rings. The lowest BCUT2D eigenvalue weighted by Crippen LogP contribution is -2.34. The fourth-order valence-corrected chi connectivity index (χ4v) is 2.57. The molecule has 0 spiro atoms. The van der Waals surface area contributed by atoms with Crippen molar-refractivity contribution in [3.8, 4) is 0 Å². The summed E-state index contributed by atoms with van der Waals surface area (Å²) >= 11 is 0. The van der Waals surface area contributed by atoms with Gasteiger partial charge in [0.1, 0.15) is 5.69 Å². The van der Waals surface area contributed by atoms with Crippen molar-refractivity contribution in [2.75, 3.05) is 18.4 Å². The molecular weight excluding hydrogens is 238 g/mol. The average Bonchev–Trinajstić information content (AvgIpc) is 2.38. The van der Waals surface area contributed by atoms with E-state index in [9.17, 15) is 4.79 Å². The summed E-state index contributed by atoms with van der Waals surface area (Å²) in [6.45, 7) is 7.67. The predicted octanol–water partition coefficient (Wildman–Crippen LogP) is 2.77. The number of carbonyl (C=O) groups is 1. The van der Waals surface area contributed by atoms with Crippen LogP contribution in [0.1, 0.15) is 44.1 Å². The van der Waals surface area contributed by atoms with Crippen molar-refractivity contribution in [2.24, 2.45) is 5.92 Å². The van der Waals surface area contributed by atoms with Gasteiger partial charge in [0.25, 0.3) is 5.91 Å². The highest BCUT2D eigenvalue weighted by molar-refractivity contribution is 5.93. The van der Waals surface area contributed by atoms with E-state index in [4.69, 9.17) is 0 Å². The maximum absolute atomic E-state index is 12.2. The molecule has 1 aromatic heterocycles. The van der Waals surface area contributed by atoms with Gasteiger partial charge < -0.3 is 10.2 Å². The summed E-state index contributed by atoms with van der Waals surface area (Å²) in [7, 11) is 0. The first-order valence-corrected chi connectivity index (χ1v) is 7.15. The zero-order chi connectivity index (χ0) is 13.8. The number of carbonyl (C=O) groups excluding carboxylic acids is 1. The van der Waals surface area contributed by atoms with E-state index in [1.54, 1.807) is 11.1 Å². The summed E-state index contributed by atoms with van der Waals surface area (Å²) < 4.78 is 0. The highest BCUT2D eigenvalue weighted by Crippen LogP contribution is 2.29. The maximum atomic E-state index is 12.2. The van der Waals surface area contributed by atoms with Crippen molar-refractivity contribution in [1.29, 1.82) is 0 Å². The SMILES string of the molecule is CCN(CC)C(=O)c1cc(NC2CC(C)C2)ccn1. The first kappa shape index (κ1) is 13.8. The molecule has 104 valence electrons. The number of nitrogens with one attached hydrogen (secondary N) is 1. The van der Waals surface area contributed by atoms with Gasteiger partial charge in [0.15, 0.2) is 0 Å². The zero-order valence-corrected chi connectivity index (χ0v) is 12.0. The molecule has 1 aromatic rings. The van der Waals surface area contributed by atoms with Gasteiger partial charge in [0, 0.05) is 31.0 Å². The molecule has 4 heteroatoms. The number of nitrogens with zero attached hydrogens (tertiary/aromatic N) is 2. The maximum Gasteiger partial charge on any atom is 0.272 e. The molecule has 4 nitrogen and oxygen atoms in total. The zero-order valence-electron chi connectivity index (χ0n) is 12.0. The number of amides is 1. The molecule has 1 aliphatic carbocycles. The van der Waals surface area contributed by atoms with Gasteiger partial charge in [0.05, 0.1) is 0 Å². The molecule has 1 aliphatic rings. The van der Waals surface area contributed by atoms with Gasteiger partial charge in [-0.1, -0.05) is 6.92 Å². The van der Waals surface area contributed by atoms with Crippen LogP contribution in [0.3, 0.4) is 0 Å². The largest absolute Gasteiger partial charge is 0.382 e. The number of hydrogen-bond donors (Lipinski definition) is 1. The molecule has 1 heterocycles. The summed E-state index contributed by atoms with van der Waals surface area (Å²) in [4.78, 5) is 18.2. The fourth-order valence-electron chi connectivity index (χ4n) is 2.57. The van der Waals surface area contributed by atoms with E-state index in [1.807, 2.05) is 26.0 Å². The number of aromatic nitrogens is 1. The van der Waals surface area contributed by atoms with Crippen molar-refractivity contribution in [1.82, 2.24) is 9.88 Å². The summed E-state index contributed by atoms with van der Waals surface area (Å²) in [6, 6.07) is 4.35. The molecule has 0 saturated heterocycles. The van der Waals surface area contributed by atoms with E-state index in [0.29, 0.717) is 11.7 Å². The lowest BCUT2D eigenvalue weighted by Gasteiger charge is -2.34. The quantitative estimate of drug-likeness (QED) is 0.886.